The number of benzene rings is 1. The standard InChI is InChI=1S/C18H22N2O3S/c1-15-3-5-17(6-4-15)24(22,23)14-10-18(21)20(2)13-9-16-7-11-19-12-8-16/h3-8,11-12H,9-10,13-14H2,1-2H3. The minimum Gasteiger partial charge on any atom is -0.345 e. The fraction of sp³-hybridized carbons (Fsp3) is 0.333. The van der Waals surface area contributed by atoms with Crippen LogP contribution in [-0.4, -0.2) is 43.6 Å². The average molecular weight is 346 g/mol. The van der Waals surface area contributed by atoms with Gasteiger partial charge >= 0.3 is 0 Å². The summed E-state index contributed by atoms with van der Waals surface area (Å²) in [7, 11) is -1.73. The summed E-state index contributed by atoms with van der Waals surface area (Å²) in [5.41, 5.74) is 2.10. The summed E-state index contributed by atoms with van der Waals surface area (Å²) in [4.78, 5) is 17.9. The monoisotopic (exact) mass is 346 g/mol. The molecule has 2 rings (SSSR count). The molecule has 0 atom stereocenters. The second-order valence-corrected chi connectivity index (χ2v) is 7.91. The molecule has 24 heavy (non-hydrogen) atoms. The minimum absolute atomic E-state index is 0.0109. The van der Waals surface area contributed by atoms with Crippen LogP contribution >= 0.6 is 0 Å². The summed E-state index contributed by atoms with van der Waals surface area (Å²) in [6.45, 7) is 2.45. The van der Waals surface area contributed by atoms with E-state index in [0.717, 1.165) is 17.5 Å². The highest BCUT2D eigenvalue weighted by Gasteiger charge is 2.18. The van der Waals surface area contributed by atoms with E-state index in [1.54, 1.807) is 48.6 Å². The fourth-order valence-corrected chi connectivity index (χ4v) is 3.48. The Hall–Kier alpha value is -2.21. The number of hydrogen-bond donors (Lipinski definition) is 0. The molecule has 0 fully saturated rings. The Labute approximate surface area is 143 Å². The predicted octanol–water partition coefficient (Wildman–Crippen LogP) is 2.25. The number of amides is 1. The van der Waals surface area contributed by atoms with Gasteiger partial charge in [-0.05, 0) is 43.2 Å². The molecule has 2 aromatic rings. The first-order chi connectivity index (χ1) is 11.4. The Balaban J connectivity index is 1.86. The normalized spacial score (nSPS) is 11.2. The van der Waals surface area contributed by atoms with Gasteiger partial charge in [0.15, 0.2) is 9.84 Å². The van der Waals surface area contributed by atoms with Gasteiger partial charge in [-0.1, -0.05) is 17.7 Å². The van der Waals surface area contributed by atoms with Gasteiger partial charge in [0.25, 0.3) is 0 Å². The second kappa shape index (κ2) is 8.06. The zero-order chi connectivity index (χ0) is 17.6. The van der Waals surface area contributed by atoms with Crippen LogP contribution in [0.25, 0.3) is 0 Å². The first-order valence-electron chi connectivity index (χ1n) is 7.81. The maximum Gasteiger partial charge on any atom is 0.223 e. The highest BCUT2D eigenvalue weighted by molar-refractivity contribution is 7.91. The highest BCUT2D eigenvalue weighted by Crippen LogP contribution is 2.13. The number of carbonyl (C=O) groups excluding carboxylic acids is 1. The Kier molecular flexibility index (Phi) is 6.09. The topological polar surface area (TPSA) is 67.3 Å². The van der Waals surface area contributed by atoms with E-state index in [0.29, 0.717) is 6.54 Å². The van der Waals surface area contributed by atoms with Crippen molar-refractivity contribution in [3.05, 3.63) is 59.9 Å². The van der Waals surface area contributed by atoms with Crippen LogP contribution in [0.15, 0.2) is 53.7 Å². The lowest BCUT2D eigenvalue weighted by Gasteiger charge is -2.17. The number of pyridine rings is 1. The fourth-order valence-electron chi connectivity index (χ4n) is 2.25. The molecule has 0 radical (unpaired) electrons. The van der Waals surface area contributed by atoms with Gasteiger partial charge in [0, 0.05) is 32.4 Å². The first-order valence-corrected chi connectivity index (χ1v) is 9.46. The first kappa shape index (κ1) is 18.1. The van der Waals surface area contributed by atoms with Crippen LogP contribution in [0.4, 0.5) is 0 Å². The molecule has 0 aliphatic heterocycles. The molecule has 0 saturated carbocycles. The van der Waals surface area contributed by atoms with E-state index in [9.17, 15) is 13.2 Å². The van der Waals surface area contributed by atoms with E-state index >= 15 is 0 Å². The van der Waals surface area contributed by atoms with Crippen molar-refractivity contribution in [2.75, 3.05) is 19.3 Å². The van der Waals surface area contributed by atoms with Crippen molar-refractivity contribution in [3.63, 3.8) is 0 Å². The zero-order valence-electron chi connectivity index (χ0n) is 14.0. The van der Waals surface area contributed by atoms with E-state index in [4.69, 9.17) is 0 Å². The van der Waals surface area contributed by atoms with Crippen LogP contribution < -0.4 is 0 Å². The second-order valence-electron chi connectivity index (χ2n) is 5.80. The van der Waals surface area contributed by atoms with Crippen molar-refractivity contribution < 1.29 is 13.2 Å². The number of carbonyl (C=O) groups is 1. The van der Waals surface area contributed by atoms with Gasteiger partial charge in [0.05, 0.1) is 10.6 Å². The third kappa shape index (κ3) is 5.16. The van der Waals surface area contributed by atoms with E-state index in [2.05, 4.69) is 4.98 Å². The summed E-state index contributed by atoms with van der Waals surface area (Å²) in [6, 6.07) is 10.5. The quantitative estimate of drug-likeness (QED) is 0.771. The molecule has 1 amide bonds. The van der Waals surface area contributed by atoms with Gasteiger partial charge < -0.3 is 4.90 Å². The minimum atomic E-state index is -3.43. The lowest BCUT2D eigenvalue weighted by atomic mass is 10.2. The lowest BCUT2D eigenvalue weighted by Crippen LogP contribution is -2.30. The number of sulfone groups is 1. The van der Waals surface area contributed by atoms with E-state index < -0.39 is 9.84 Å². The van der Waals surface area contributed by atoms with Crippen molar-refractivity contribution >= 4 is 15.7 Å². The number of aromatic nitrogens is 1. The van der Waals surface area contributed by atoms with Crippen LogP contribution in [0.3, 0.4) is 0 Å². The summed E-state index contributed by atoms with van der Waals surface area (Å²) in [5.74, 6) is -0.339. The van der Waals surface area contributed by atoms with Gasteiger partial charge in [-0.25, -0.2) is 8.42 Å². The maximum absolute atomic E-state index is 12.3. The molecule has 128 valence electrons. The Bertz CT molecular complexity index is 772. The van der Waals surface area contributed by atoms with Crippen molar-refractivity contribution in [3.8, 4) is 0 Å². The van der Waals surface area contributed by atoms with E-state index in [1.807, 2.05) is 19.1 Å². The van der Waals surface area contributed by atoms with Gasteiger partial charge in [-0.15, -0.1) is 0 Å². The van der Waals surface area contributed by atoms with Crippen LogP contribution in [0, 0.1) is 6.92 Å². The number of hydrogen-bond acceptors (Lipinski definition) is 4. The number of rotatable bonds is 7. The van der Waals surface area contributed by atoms with Crippen molar-refractivity contribution in [2.24, 2.45) is 0 Å². The van der Waals surface area contributed by atoms with E-state index in [1.165, 1.54) is 0 Å². The summed E-state index contributed by atoms with van der Waals surface area (Å²) >= 11 is 0. The lowest BCUT2D eigenvalue weighted by molar-refractivity contribution is -0.129. The van der Waals surface area contributed by atoms with E-state index in [-0.39, 0.29) is 23.0 Å². The SMILES string of the molecule is Cc1ccc(S(=O)(=O)CCC(=O)N(C)CCc2ccncc2)cc1. The van der Waals surface area contributed by atoms with Crippen molar-refractivity contribution in [2.45, 2.75) is 24.7 Å². The number of likely N-dealkylation sites (N-methyl/N-ethyl adjacent to an activating group) is 1. The Morgan fingerprint density at radius 3 is 2.33 bits per heavy atom. The third-order valence-electron chi connectivity index (χ3n) is 3.88. The van der Waals surface area contributed by atoms with Crippen LogP contribution in [-0.2, 0) is 21.1 Å². The molecule has 1 heterocycles. The molecule has 6 heteroatoms. The molecule has 0 bridgehead atoms. The van der Waals surface area contributed by atoms with Crippen molar-refractivity contribution in [1.29, 1.82) is 0 Å². The molecule has 0 saturated heterocycles. The average Bonchev–Trinajstić information content (AvgIpc) is 2.59. The smallest absolute Gasteiger partial charge is 0.223 e. The molecule has 0 aliphatic carbocycles. The number of nitrogens with zero attached hydrogens (tertiary/aromatic N) is 2. The Morgan fingerprint density at radius 1 is 1.08 bits per heavy atom. The molecular weight excluding hydrogens is 324 g/mol. The predicted molar refractivity (Wildman–Crippen MR) is 93.4 cm³/mol. The molecule has 5 nitrogen and oxygen atoms in total. The van der Waals surface area contributed by atoms with Crippen LogP contribution in [0.2, 0.25) is 0 Å². The summed E-state index contributed by atoms with van der Waals surface area (Å²) in [5, 5.41) is 0. The molecule has 0 N–H and O–H groups in total. The Morgan fingerprint density at radius 2 is 1.71 bits per heavy atom. The molecule has 0 spiro atoms. The molecule has 1 aromatic carbocycles. The third-order valence-corrected chi connectivity index (χ3v) is 5.61. The molecule has 0 aliphatic rings. The summed E-state index contributed by atoms with van der Waals surface area (Å²) in [6.07, 6.45) is 4.13. The van der Waals surface area contributed by atoms with Crippen LogP contribution in [0.1, 0.15) is 17.5 Å². The largest absolute Gasteiger partial charge is 0.345 e. The molecule has 0 unspecified atom stereocenters. The molecular formula is C18H22N2O3S. The van der Waals surface area contributed by atoms with Gasteiger partial charge in [0.1, 0.15) is 0 Å². The van der Waals surface area contributed by atoms with Gasteiger partial charge in [-0.2, -0.15) is 0 Å². The summed E-state index contributed by atoms with van der Waals surface area (Å²) < 4.78 is 24.5. The van der Waals surface area contributed by atoms with Crippen LogP contribution in [0.5, 0.6) is 0 Å². The van der Waals surface area contributed by atoms with Gasteiger partial charge in [0.2, 0.25) is 5.91 Å². The number of aryl methyl sites for hydroxylation is 1. The maximum atomic E-state index is 12.3. The molecule has 1 aromatic heterocycles. The van der Waals surface area contributed by atoms with Crippen molar-refractivity contribution in [1.82, 2.24) is 9.88 Å². The zero-order valence-corrected chi connectivity index (χ0v) is 14.8. The highest BCUT2D eigenvalue weighted by atomic mass is 32.2. The van der Waals surface area contributed by atoms with Gasteiger partial charge in [-0.3, -0.25) is 9.78 Å².